The second-order valence-electron chi connectivity index (χ2n) is 21.3. The lowest BCUT2D eigenvalue weighted by Crippen LogP contribution is -2.13. The van der Waals surface area contributed by atoms with Gasteiger partial charge in [0.15, 0.2) is 0 Å². The maximum Gasteiger partial charge on any atom is 0.322 e. The summed E-state index contributed by atoms with van der Waals surface area (Å²) in [4.78, 5) is 39.6. The molecule has 0 aliphatic heterocycles. The molecule has 0 aliphatic carbocycles. The third-order valence-electron chi connectivity index (χ3n) is 13.1. The molecule has 12 rings (SSSR count). The fourth-order valence-electron chi connectivity index (χ4n) is 8.15. The molecule has 12 aromatic rings. The highest BCUT2D eigenvalue weighted by Gasteiger charge is 2.68. The number of aromatic nitrogens is 8. The van der Waals surface area contributed by atoms with E-state index in [9.17, 15) is 106 Å². The second kappa shape index (κ2) is 25.8. The van der Waals surface area contributed by atoms with Gasteiger partial charge in [-0.05, 0) is 152 Å². The molecule has 0 atom stereocenters. The number of hydrogen-bond donors (Lipinski definition) is 4. The molecule has 0 spiro atoms. The zero-order valence-corrected chi connectivity index (χ0v) is 55.7. The van der Waals surface area contributed by atoms with Crippen LogP contribution in [0.5, 0.6) is 0 Å². The predicted octanol–water partition coefficient (Wildman–Crippen LogP) is 23.5. The van der Waals surface area contributed by atoms with Gasteiger partial charge in [0.05, 0.1) is 16.1 Å². The molecule has 4 amide bonds. The molecule has 47 heteroatoms. The molecule has 4 N–H and O–H groups in total. The van der Waals surface area contributed by atoms with Crippen molar-refractivity contribution in [3.8, 4) is 45.8 Å². The fraction of sp³-hybridized carbons (Fsp3) is 0. The molecule has 0 radical (unpaired) electrons. The number of nitrogens with one attached hydrogen (secondary N) is 4. The van der Waals surface area contributed by atoms with Gasteiger partial charge in [0, 0.05) is 33.4 Å². The van der Waals surface area contributed by atoms with Crippen molar-refractivity contribution in [1.82, 2.24) is 40.8 Å². The summed E-state index contributed by atoms with van der Waals surface area (Å²) in [5.74, 6) is -5.17. The molecule has 0 unspecified atom stereocenters. The van der Waals surface area contributed by atoms with E-state index in [1.165, 1.54) is 36.4 Å². The Morgan fingerprint density at radius 2 is 0.561 bits per heavy atom. The van der Waals surface area contributed by atoms with Crippen LogP contribution in [-0.4, -0.2) is 64.4 Å². The van der Waals surface area contributed by atoms with Crippen molar-refractivity contribution in [1.29, 1.82) is 0 Å². The highest BCUT2D eigenvalue weighted by molar-refractivity contribution is 8.46. The quantitative estimate of drug-likeness (QED) is 0.0655. The first-order chi connectivity index (χ1) is 48.9. The summed E-state index contributed by atoms with van der Waals surface area (Å²) >= 11 is 5.98. The van der Waals surface area contributed by atoms with Crippen LogP contribution in [0, 0.1) is 11.6 Å². The Kier molecular flexibility index (Phi) is 19.2. The summed E-state index contributed by atoms with van der Waals surface area (Å²) < 4.78 is 301. The molecule has 0 fully saturated rings. The van der Waals surface area contributed by atoms with Crippen molar-refractivity contribution in [3.05, 3.63) is 239 Å². The number of benzene rings is 8. The van der Waals surface area contributed by atoms with Gasteiger partial charge in [-0.25, -0.2) is 8.78 Å². The van der Waals surface area contributed by atoms with Crippen LogP contribution in [0.15, 0.2) is 237 Å². The first-order valence-electron chi connectivity index (χ1n) is 28.2. The molecule has 0 saturated heterocycles. The molecule has 4 heterocycles. The Morgan fingerprint density at radius 3 is 0.879 bits per heavy atom. The Hall–Kier alpha value is -11.7. The smallest absolute Gasteiger partial charge is 0.322 e. The number of carbonyl (C=O) groups excluding carboxylic acids is 4. The van der Waals surface area contributed by atoms with Crippen LogP contribution in [0.1, 0.15) is 41.4 Å². The Bertz CT molecular complexity index is 5190. The van der Waals surface area contributed by atoms with Crippen LogP contribution in [0.2, 0.25) is 5.02 Å². The maximum atomic E-state index is 13.6. The summed E-state index contributed by atoms with van der Waals surface area (Å²) in [6.45, 7) is 0. The Morgan fingerprint density at radius 1 is 0.290 bits per heavy atom. The SMILES string of the molecule is O=C(Nc1nnc(-c2cccc(F)c2)o1)c1ccc(S(F)(F)(F)(F)F)cc1.O=C(Nc1nnc(-c2ccccc2)o1)c1ccc(S(F)(F)(F)(F)F)cc1.O=C(Nc1nnc(-c2ccccc2Cl)o1)c1ccc(S(F)(F)(F)(F)F)cc1.O=C(Nc1nnc(-c2ccccc2F)o1)c1ccc(S(F)(F)(F)(F)F)cc1. The van der Waals surface area contributed by atoms with Crippen molar-refractivity contribution in [2.45, 2.75) is 19.6 Å². The van der Waals surface area contributed by atoms with E-state index < -0.39 is 108 Å². The number of halogens is 23. The van der Waals surface area contributed by atoms with Gasteiger partial charge in [-0.3, -0.25) is 40.4 Å². The molecule has 570 valence electrons. The third-order valence-corrected chi connectivity index (χ3v) is 18.1. The van der Waals surface area contributed by atoms with Gasteiger partial charge < -0.3 is 17.7 Å². The lowest BCUT2D eigenvalue weighted by Gasteiger charge is -2.40. The molecule has 0 saturated carbocycles. The van der Waals surface area contributed by atoms with Crippen LogP contribution in [0.3, 0.4) is 0 Å². The number of anilines is 4. The first-order valence-corrected chi connectivity index (χ1v) is 36.4. The van der Waals surface area contributed by atoms with Crippen LogP contribution in [0.25, 0.3) is 45.8 Å². The van der Waals surface area contributed by atoms with E-state index in [2.05, 4.69) is 62.1 Å². The van der Waals surface area contributed by atoms with E-state index >= 15 is 0 Å². The minimum atomic E-state index is -9.82. The summed E-state index contributed by atoms with van der Waals surface area (Å²) in [6, 6.07) is 30.2. The minimum absolute atomic E-state index is 0.00663. The summed E-state index contributed by atoms with van der Waals surface area (Å²) in [7, 11) is -39.2. The lowest BCUT2D eigenvalue weighted by atomic mass is 10.2. The van der Waals surface area contributed by atoms with Gasteiger partial charge in [0.25, 0.3) is 35.4 Å². The topological polar surface area (TPSA) is 272 Å². The van der Waals surface area contributed by atoms with Crippen molar-refractivity contribution >= 4 is 100 Å². The Labute approximate surface area is 587 Å². The van der Waals surface area contributed by atoms with Gasteiger partial charge in [-0.1, -0.05) is 158 Å². The van der Waals surface area contributed by atoms with Crippen molar-refractivity contribution in [2.75, 3.05) is 21.3 Å². The first kappa shape index (κ1) is 79.5. The fourth-order valence-corrected chi connectivity index (χ4v) is 11.0. The maximum absolute atomic E-state index is 13.6. The number of rotatable bonds is 16. The summed E-state index contributed by atoms with van der Waals surface area (Å²) in [5, 5.41) is 37.6. The van der Waals surface area contributed by atoms with Crippen molar-refractivity contribution in [3.63, 3.8) is 0 Å². The highest BCUT2D eigenvalue weighted by Crippen LogP contribution is 3.04. The molecule has 20 nitrogen and oxygen atoms in total. The largest absolute Gasteiger partial charge is 0.403 e. The highest BCUT2D eigenvalue weighted by atomic mass is 35.5. The van der Waals surface area contributed by atoms with Crippen molar-refractivity contribution < 1.29 is 123 Å². The third kappa shape index (κ3) is 21.7. The summed E-state index contributed by atoms with van der Waals surface area (Å²) in [5.41, 5.74) is -0.0624. The number of nitrogens with zero attached hydrogens (tertiary/aromatic N) is 8. The van der Waals surface area contributed by atoms with Crippen LogP contribution >= 0.6 is 52.5 Å². The number of hydrogen-bond acceptors (Lipinski definition) is 16. The van der Waals surface area contributed by atoms with Crippen LogP contribution < -0.4 is 21.3 Å². The van der Waals surface area contributed by atoms with Gasteiger partial charge in [0.2, 0.25) is 11.8 Å². The van der Waals surface area contributed by atoms with Gasteiger partial charge >= 0.3 is 65.0 Å². The Balaban J connectivity index is 0.000000165. The molecular weight excluding hydrogens is 1600 g/mol. The minimum Gasteiger partial charge on any atom is -0.403 e. The van der Waals surface area contributed by atoms with E-state index in [1.807, 2.05) is 0 Å². The zero-order chi connectivity index (χ0) is 78.9. The zero-order valence-electron chi connectivity index (χ0n) is 51.7. The van der Waals surface area contributed by atoms with E-state index in [0.29, 0.717) is 64.7 Å². The van der Waals surface area contributed by atoms with Gasteiger partial charge in [0.1, 0.15) is 31.2 Å². The average Bonchev–Trinajstić information content (AvgIpc) is 0.823. The van der Waals surface area contributed by atoms with Gasteiger partial charge in [-0.2, -0.15) is 0 Å². The molecule has 4 aromatic heterocycles. The van der Waals surface area contributed by atoms with Gasteiger partial charge in [-0.15, -0.1) is 20.4 Å². The molecule has 107 heavy (non-hydrogen) atoms. The molecular formula is C60H37ClF22N12O8S4. The summed E-state index contributed by atoms with van der Waals surface area (Å²) in [6.07, 6.45) is 0. The number of carbonyl (C=O) groups is 4. The average molecular weight is 1640 g/mol. The predicted molar refractivity (Wildman–Crippen MR) is 347 cm³/mol. The molecule has 8 aromatic carbocycles. The monoisotopic (exact) mass is 1630 g/mol. The normalized spacial score (nSPS) is 14.3. The second-order valence-corrected chi connectivity index (χ2v) is 31.3. The van der Waals surface area contributed by atoms with E-state index in [-0.39, 0.29) is 118 Å². The van der Waals surface area contributed by atoms with Crippen LogP contribution in [-0.2, 0) is 0 Å². The van der Waals surface area contributed by atoms with E-state index in [4.69, 9.17) is 29.3 Å². The standard InChI is InChI=1S/C15H9ClF5N3O2S.2C15H9F6N3O2S.C15H10F5N3O2S/c16-12-4-2-1-3-11(12)14-23-24-15(26-14)22-13(25)9-5-7-10(8-6-9)27(17,18,19,20)21;16-11-3-1-2-10(8-11)14-23-24-15(26-14)22-13(25)9-4-6-12(7-5-9)27(17,18,19,20)21;16-12-4-2-1-3-11(12)14-23-24-15(26-14)22-13(25)9-5-7-10(8-6-9)27(17,18,19,20)21;16-26(17,18,19,20)12-8-6-10(7-9-12)13(24)21-15-23-22-14(25-15)11-4-2-1-3-5-11/h3*1-8H,(H,22,24,25);1-9H,(H,21,23,24). The number of amides is 4. The lowest BCUT2D eigenvalue weighted by molar-refractivity contribution is 0.101. The van der Waals surface area contributed by atoms with E-state index in [0.717, 1.165) is 12.1 Å². The molecule has 0 aliphatic rings. The van der Waals surface area contributed by atoms with Crippen molar-refractivity contribution in [2.24, 2.45) is 0 Å². The van der Waals surface area contributed by atoms with Crippen LogP contribution in [0.4, 0.5) is 111 Å². The molecule has 0 bridgehead atoms. The van der Waals surface area contributed by atoms with E-state index in [1.54, 1.807) is 54.6 Å².